The molecule has 17 heavy (non-hydrogen) atoms. The van der Waals surface area contributed by atoms with E-state index in [4.69, 9.17) is 4.42 Å². The predicted molar refractivity (Wildman–Crippen MR) is 72.1 cm³/mol. The van der Waals surface area contributed by atoms with E-state index in [1.165, 1.54) is 5.39 Å². The number of rotatable bonds is 6. The Morgan fingerprint density at radius 2 is 2.24 bits per heavy atom. The molecule has 0 fully saturated rings. The van der Waals surface area contributed by atoms with Gasteiger partial charge in [0, 0.05) is 5.39 Å². The fourth-order valence-electron chi connectivity index (χ4n) is 2.05. The molecular formula is C15H19NO. The van der Waals surface area contributed by atoms with Gasteiger partial charge >= 0.3 is 0 Å². The van der Waals surface area contributed by atoms with Crippen LogP contribution in [-0.2, 0) is 0 Å². The average Bonchev–Trinajstić information content (AvgIpc) is 2.78. The first-order valence-corrected chi connectivity index (χ1v) is 6.18. The summed E-state index contributed by atoms with van der Waals surface area (Å²) in [4.78, 5) is 0. The maximum absolute atomic E-state index is 5.88. The van der Waals surface area contributed by atoms with Gasteiger partial charge in [-0.25, -0.2) is 0 Å². The lowest BCUT2D eigenvalue weighted by Gasteiger charge is -2.13. The standard InChI is InChI=1S/C15H19NO/c1-3-5-9-13(16-4-2)15-11-12-8-6-7-10-14(12)17-15/h3,6-8,10-11,13,16H,1,4-5,9H2,2H3. The summed E-state index contributed by atoms with van der Waals surface area (Å²) < 4.78 is 5.88. The summed E-state index contributed by atoms with van der Waals surface area (Å²) in [7, 11) is 0. The topological polar surface area (TPSA) is 25.2 Å². The molecular weight excluding hydrogens is 210 g/mol. The second kappa shape index (κ2) is 5.69. The van der Waals surface area contributed by atoms with Crippen LogP contribution in [0.15, 0.2) is 47.4 Å². The van der Waals surface area contributed by atoms with Gasteiger partial charge in [-0.3, -0.25) is 0 Å². The summed E-state index contributed by atoms with van der Waals surface area (Å²) in [5.74, 6) is 1.02. The van der Waals surface area contributed by atoms with Crippen LogP contribution in [0.3, 0.4) is 0 Å². The van der Waals surface area contributed by atoms with Gasteiger partial charge in [0.25, 0.3) is 0 Å². The molecule has 2 heteroatoms. The van der Waals surface area contributed by atoms with Gasteiger partial charge in [-0.1, -0.05) is 31.2 Å². The lowest BCUT2D eigenvalue weighted by Crippen LogP contribution is -2.20. The van der Waals surface area contributed by atoms with Gasteiger partial charge in [0.15, 0.2) is 0 Å². The number of furan rings is 1. The maximum Gasteiger partial charge on any atom is 0.134 e. The van der Waals surface area contributed by atoms with Crippen molar-refractivity contribution in [3.63, 3.8) is 0 Å². The summed E-state index contributed by atoms with van der Waals surface area (Å²) in [6.07, 6.45) is 3.97. The summed E-state index contributed by atoms with van der Waals surface area (Å²) in [6.45, 7) is 6.83. The van der Waals surface area contributed by atoms with E-state index >= 15 is 0 Å². The summed E-state index contributed by atoms with van der Waals surface area (Å²) in [5, 5.41) is 4.62. The van der Waals surface area contributed by atoms with E-state index in [2.05, 4.69) is 31.0 Å². The van der Waals surface area contributed by atoms with Crippen molar-refractivity contribution in [2.24, 2.45) is 0 Å². The fraction of sp³-hybridized carbons (Fsp3) is 0.333. The first-order chi connectivity index (χ1) is 8.35. The van der Waals surface area contributed by atoms with Gasteiger partial charge < -0.3 is 9.73 Å². The molecule has 1 aromatic carbocycles. The molecule has 0 radical (unpaired) electrons. The molecule has 1 aromatic heterocycles. The molecule has 1 heterocycles. The highest BCUT2D eigenvalue weighted by Crippen LogP contribution is 2.26. The Morgan fingerprint density at radius 1 is 1.41 bits per heavy atom. The molecule has 2 rings (SSSR count). The summed E-state index contributed by atoms with van der Waals surface area (Å²) in [6, 6.07) is 10.5. The Balaban J connectivity index is 2.24. The number of nitrogens with one attached hydrogen (secondary N) is 1. The SMILES string of the molecule is C=CCCC(NCC)c1cc2ccccc2o1. The molecule has 0 aliphatic rings. The minimum absolute atomic E-state index is 0.283. The number of benzene rings is 1. The quantitative estimate of drug-likeness (QED) is 0.756. The highest BCUT2D eigenvalue weighted by atomic mass is 16.3. The van der Waals surface area contributed by atoms with Crippen molar-refractivity contribution in [2.75, 3.05) is 6.54 Å². The van der Waals surface area contributed by atoms with E-state index in [1.807, 2.05) is 24.3 Å². The van der Waals surface area contributed by atoms with Crippen LogP contribution >= 0.6 is 0 Å². The third kappa shape index (κ3) is 2.77. The van der Waals surface area contributed by atoms with Crippen molar-refractivity contribution in [1.29, 1.82) is 0 Å². The van der Waals surface area contributed by atoms with Gasteiger partial charge in [0.05, 0.1) is 6.04 Å². The summed E-state index contributed by atoms with van der Waals surface area (Å²) in [5.41, 5.74) is 0.962. The van der Waals surface area contributed by atoms with Crippen LogP contribution in [0.5, 0.6) is 0 Å². The average molecular weight is 229 g/mol. The Kier molecular flexibility index (Phi) is 3.99. The van der Waals surface area contributed by atoms with Crippen LogP contribution in [-0.4, -0.2) is 6.54 Å². The second-order valence-electron chi connectivity index (χ2n) is 4.16. The smallest absolute Gasteiger partial charge is 0.134 e. The van der Waals surface area contributed by atoms with Gasteiger partial charge in [-0.05, 0) is 31.5 Å². The predicted octanol–water partition coefficient (Wildman–Crippen LogP) is 4.05. The number of para-hydroxylation sites is 1. The Bertz CT molecular complexity index is 453. The molecule has 0 aliphatic heterocycles. The van der Waals surface area contributed by atoms with Crippen LogP contribution in [0.1, 0.15) is 31.6 Å². The van der Waals surface area contributed by atoms with Crippen molar-refractivity contribution >= 4 is 11.0 Å². The van der Waals surface area contributed by atoms with E-state index < -0.39 is 0 Å². The van der Waals surface area contributed by atoms with Crippen LogP contribution < -0.4 is 5.32 Å². The largest absolute Gasteiger partial charge is 0.459 e. The maximum atomic E-state index is 5.88. The number of allylic oxidation sites excluding steroid dienone is 1. The van der Waals surface area contributed by atoms with Crippen molar-refractivity contribution in [3.8, 4) is 0 Å². The van der Waals surface area contributed by atoms with E-state index in [0.717, 1.165) is 30.7 Å². The highest BCUT2D eigenvalue weighted by molar-refractivity contribution is 5.77. The van der Waals surface area contributed by atoms with Crippen LogP contribution in [0.4, 0.5) is 0 Å². The third-order valence-electron chi connectivity index (χ3n) is 2.90. The van der Waals surface area contributed by atoms with Gasteiger partial charge in [-0.15, -0.1) is 6.58 Å². The van der Waals surface area contributed by atoms with Gasteiger partial charge in [0.2, 0.25) is 0 Å². The van der Waals surface area contributed by atoms with E-state index in [-0.39, 0.29) is 6.04 Å². The zero-order chi connectivity index (χ0) is 12.1. The lowest BCUT2D eigenvalue weighted by molar-refractivity contribution is 0.419. The molecule has 0 bridgehead atoms. The molecule has 0 amide bonds. The minimum atomic E-state index is 0.283. The Hall–Kier alpha value is -1.54. The lowest BCUT2D eigenvalue weighted by atomic mass is 10.1. The minimum Gasteiger partial charge on any atom is -0.459 e. The van der Waals surface area contributed by atoms with Crippen LogP contribution in [0.2, 0.25) is 0 Å². The fourth-order valence-corrected chi connectivity index (χ4v) is 2.05. The molecule has 2 aromatic rings. The number of fused-ring (bicyclic) bond motifs is 1. The molecule has 0 saturated carbocycles. The Morgan fingerprint density at radius 3 is 2.94 bits per heavy atom. The Labute approximate surface area is 102 Å². The molecule has 1 atom stereocenters. The molecule has 0 aliphatic carbocycles. The van der Waals surface area contributed by atoms with Crippen molar-refractivity contribution in [3.05, 3.63) is 48.7 Å². The monoisotopic (exact) mass is 229 g/mol. The second-order valence-corrected chi connectivity index (χ2v) is 4.16. The van der Waals surface area contributed by atoms with Crippen molar-refractivity contribution < 1.29 is 4.42 Å². The van der Waals surface area contributed by atoms with E-state index in [1.54, 1.807) is 0 Å². The van der Waals surface area contributed by atoms with Crippen LogP contribution in [0, 0.1) is 0 Å². The highest BCUT2D eigenvalue weighted by Gasteiger charge is 2.14. The number of hydrogen-bond acceptors (Lipinski definition) is 2. The third-order valence-corrected chi connectivity index (χ3v) is 2.90. The van der Waals surface area contributed by atoms with Gasteiger partial charge in [0.1, 0.15) is 11.3 Å². The first kappa shape index (κ1) is 11.9. The summed E-state index contributed by atoms with van der Waals surface area (Å²) >= 11 is 0. The van der Waals surface area contributed by atoms with Gasteiger partial charge in [-0.2, -0.15) is 0 Å². The molecule has 1 unspecified atom stereocenters. The van der Waals surface area contributed by atoms with Crippen LogP contribution in [0.25, 0.3) is 11.0 Å². The molecule has 0 spiro atoms. The molecule has 1 N–H and O–H groups in total. The van der Waals surface area contributed by atoms with Crippen molar-refractivity contribution in [2.45, 2.75) is 25.8 Å². The molecule has 90 valence electrons. The first-order valence-electron chi connectivity index (χ1n) is 6.18. The zero-order valence-electron chi connectivity index (χ0n) is 10.3. The molecule has 2 nitrogen and oxygen atoms in total. The van der Waals surface area contributed by atoms with Crippen molar-refractivity contribution in [1.82, 2.24) is 5.32 Å². The van der Waals surface area contributed by atoms with E-state index in [9.17, 15) is 0 Å². The normalized spacial score (nSPS) is 12.8. The van der Waals surface area contributed by atoms with E-state index in [0.29, 0.717) is 0 Å². The molecule has 0 saturated heterocycles. The number of hydrogen-bond donors (Lipinski definition) is 1. The zero-order valence-corrected chi connectivity index (χ0v) is 10.3.